The molecule has 0 aliphatic carbocycles. The lowest BCUT2D eigenvalue weighted by atomic mass is 9.91. The van der Waals surface area contributed by atoms with Crippen LogP contribution in [0.4, 0.5) is 0 Å². The Morgan fingerprint density at radius 1 is 1.00 bits per heavy atom. The van der Waals surface area contributed by atoms with Gasteiger partial charge in [0.1, 0.15) is 11.5 Å². The van der Waals surface area contributed by atoms with Crippen LogP contribution in [0, 0.1) is 33.6 Å². The van der Waals surface area contributed by atoms with E-state index in [-0.39, 0.29) is 17.9 Å². The fourth-order valence-corrected chi connectivity index (χ4v) is 3.82. The molecule has 1 aliphatic rings. The molecule has 28 heavy (non-hydrogen) atoms. The van der Waals surface area contributed by atoms with Crippen LogP contribution in [0.3, 0.4) is 0 Å². The van der Waals surface area contributed by atoms with E-state index in [0.29, 0.717) is 6.54 Å². The predicted molar refractivity (Wildman–Crippen MR) is 115 cm³/mol. The first-order valence-electron chi connectivity index (χ1n) is 10.1. The lowest BCUT2D eigenvalue weighted by Gasteiger charge is -2.38. The van der Waals surface area contributed by atoms with Crippen LogP contribution >= 0.6 is 0 Å². The van der Waals surface area contributed by atoms with Crippen LogP contribution < -0.4 is 4.74 Å². The number of aryl methyl sites for hydroxylation is 4. The second kappa shape index (κ2) is 8.22. The summed E-state index contributed by atoms with van der Waals surface area (Å²) in [5.74, 6) is 1.86. The van der Waals surface area contributed by atoms with Crippen LogP contribution in [-0.2, 0) is 0 Å². The molecular weight excluding hydrogens is 346 g/mol. The molecule has 0 bridgehead atoms. The maximum absolute atomic E-state index is 13.3. The molecule has 2 aromatic carbocycles. The van der Waals surface area contributed by atoms with Gasteiger partial charge in [-0.05, 0) is 76.3 Å². The van der Waals surface area contributed by atoms with Crippen LogP contribution in [0.2, 0.25) is 0 Å². The zero-order valence-electron chi connectivity index (χ0n) is 17.7. The monoisotopic (exact) mass is 377 g/mol. The summed E-state index contributed by atoms with van der Waals surface area (Å²) in [4.78, 5) is 15.3. The van der Waals surface area contributed by atoms with Crippen molar-refractivity contribution in [3.63, 3.8) is 0 Å². The van der Waals surface area contributed by atoms with Crippen molar-refractivity contribution in [2.24, 2.45) is 5.92 Å². The molecule has 1 fully saturated rings. The third kappa shape index (κ3) is 4.30. The molecule has 1 amide bonds. The number of ether oxygens (including phenoxy) is 1. The number of benzene rings is 2. The van der Waals surface area contributed by atoms with Crippen LogP contribution in [-0.4, -0.2) is 23.4 Å². The summed E-state index contributed by atoms with van der Waals surface area (Å²) >= 11 is 0. The van der Waals surface area contributed by atoms with Gasteiger partial charge in [0.15, 0.2) is 0 Å². The van der Waals surface area contributed by atoms with E-state index < -0.39 is 0 Å². The van der Waals surface area contributed by atoms with Gasteiger partial charge in [-0.2, -0.15) is 0 Å². The zero-order chi connectivity index (χ0) is 20.4. The summed E-state index contributed by atoms with van der Waals surface area (Å²) in [7, 11) is 0. The smallest absolute Gasteiger partial charge is 0.254 e. The van der Waals surface area contributed by atoms with Gasteiger partial charge in [0, 0.05) is 24.1 Å². The highest BCUT2D eigenvalue weighted by atomic mass is 16.5. The fraction of sp³-hybridized carbons (Fsp3) is 0.400. The van der Waals surface area contributed by atoms with Crippen molar-refractivity contribution in [1.82, 2.24) is 4.90 Å². The Balaban J connectivity index is 1.76. The minimum atomic E-state index is 0.109. The van der Waals surface area contributed by atoms with E-state index in [4.69, 9.17) is 4.74 Å². The Kier molecular flexibility index (Phi) is 5.93. The van der Waals surface area contributed by atoms with Crippen molar-refractivity contribution in [2.45, 2.75) is 53.5 Å². The fourth-order valence-electron chi connectivity index (χ4n) is 3.82. The van der Waals surface area contributed by atoms with Gasteiger partial charge in [-0.1, -0.05) is 36.4 Å². The molecule has 3 nitrogen and oxygen atoms in total. The lowest BCUT2D eigenvalue weighted by Crippen LogP contribution is -2.46. The summed E-state index contributed by atoms with van der Waals surface area (Å²) in [6.07, 6.45) is 1.94. The van der Waals surface area contributed by atoms with E-state index in [9.17, 15) is 4.79 Å². The number of nitrogens with zero attached hydrogens (tertiary/aromatic N) is 1. The van der Waals surface area contributed by atoms with E-state index in [1.54, 1.807) is 0 Å². The Hall–Kier alpha value is -2.55. The first-order valence-corrected chi connectivity index (χ1v) is 10.1. The second-order valence-electron chi connectivity index (χ2n) is 8.24. The molecule has 1 unspecified atom stereocenters. The molecule has 3 heteroatoms. The molecular formula is C25H31NO2. The Labute approximate surface area is 169 Å². The normalized spacial score (nSPS) is 19.4. The van der Waals surface area contributed by atoms with Gasteiger partial charge in [0.25, 0.3) is 5.91 Å². The van der Waals surface area contributed by atoms with Gasteiger partial charge in [0.05, 0.1) is 0 Å². The van der Waals surface area contributed by atoms with Crippen LogP contribution in [0.1, 0.15) is 52.4 Å². The molecule has 2 atom stereocenters. The highest BCUT2D eigenvalue weighted by molar-refractivity contribution is 5.96. The molecule has 1 heterocycles. The Bertz CT molecular complexity index is 899. The Morgan fingerprint density at radius 2 is 1.64 bits per heavy atom. The number of hydrogen-bond donors (Lipinski definition) is 0. The van der Waals surface area contributed by atoms with E-state index in [2.05, 4.69) is 38.6 Å². The third-order valence-corrected chi connectivity index (χ3v) is 5.81. The number of rotatable bonds is 4. The summed E-state index contributed by atoms with van der Waals surface area (Å²) in [6, 6.07) is 12.5. The highest BCUT2D eigenvalue weighted by Gasteiger charge is 2.32. The standard InChI is InChI=1S/C25H31NO2/c1-16-7-9-18(3)23(13-16)25(27)26-15-22(12-11-20(26)5)21(6)28-24-14-17(2)8-10-19(24)4/h7-10,13-14,20,22H,6,11-12,15H2,1-5H3/t20-,22?/m1/s1. The van der Waals surface area contributed by atoms with Crippen molar-refractivity contribution in [3.8, 4) is 5.75 Å². The van der Waals surface area contributed by atoms with Gasteiger partial charge in [-0.3, -0.25) is 4.79 Å². The second-order valence-corrected chi connectivity index (χ2v) is 8.24. The van der Waals surface area contributed by atoms with Crippen LogP contribution in [0.25, 0.3) is 0 Å². The molecule has 0 aromatic heterocycles. The Morgan fingerprint density at radius 3 is 2.36 bits per heavy atom. The summed E-state index contributed by atoms with van der Waals surface area (Å²) in [6.45, 7) is 15.1. The molecule has 0 spiro atoms. The van der Waals surface area contributed by atoms with Crippen molar-refractivity contribution in [2.75, 3.05) is 6.54 Å². The zero-order valence-corrected chi connectivity index (χ0v) is 17.7. The van der Waals surface area contributed by atoms with Gasteiger partial charge < -0.3 is 9.64 Å². The van der Waals surface area contributed by atoms with Crippen molar-refractivity contribution in [3.05, 3.63) is 76.6 Å². The number of amides is 1. The summed E-state index contributed by atoms with van der Waals surface area (Å²) < 4.78 is 6.14. The van der Waals surface area contributed by atoms with Crippen molar-refractivity contribution < 1.29 is 9.53 Å². The molecule has 1 aliphatic heterocycles. The highest BCUT2D eigenvalue weighted by Crippen LogP contribution is 2.31. The molecule has 1 saturated heterocycles. The van der Waals surface area contributed by atoms with Crippen molar-refractivity contribution in [1.29, 1.82) is 0 Å². The van der Waals surface area contributed by atoms with Crippen LogP contribution in [0.5, 0.6) is 5.75 Å². The number of carbonyl (C=O) groups excluding carboxylic acids is 1. The largest absolute Gasteiger partial charge is 0.462 e. The topological polar surface area (TPSA) is 29.5 Å². The molecule has 148 valence electrons. The minimum Gasteiger partial charge on any atom is -0.462 e. The SMILES string of the molecule is C=C(Oc1cc(C)ccc1C)C1CC[C@@H](C)N(C(=O)c2cc(C)ccc2C)C1. The third-order valence-electron chi connectivity index (χ3n) is 5.81. The molecule has 0 radical (unpaired) electrons. The summed E-state index contributed by atoms with van der Waals surface area (Å²) in [5, 5.41) is 0. The molecule has 0 N–H and O–H groups in total. The average Bonchev–Trinajstić information content (AvgIpc) is 2.66. The number of piperidine rings is 1. The van der Waals surface area contributed by atoms with Gasteiger partial charge in [-0.15, -0.1) is 0 Å². The first-order chi connectivity index (χ1) is 13.3. The van der Waals surface area contributed by atoms with Gasteiger partial charge in [0.2, 0.25) is 0 Å². The number of likely N-dealkylation sites (tertiary alicyclic amines) is 1. The number of carbonyl (C=O) groups is 1. The van der Waals surface area contributed by atoms with Gasteiger partial charge in [-0.25, -0.2) is 0 Å². The number of hydrogen-bond acceptors (Lipinski definition) is 2. The molecule has 0 saturated carbocycles. The maximum atomic E-state index is 13.3. The molecule has 2 aromatic rings. The van der Waals surface area contributed by atoms with Crippen LogP contribution in [0.15, 0.2) is 48.7 Å². The average molecular weight is 378 g/mol. The molecule has 3 rings (SSSR count). The lowest BCUT2D eigenvalue weighted by molar-refractivity contribution is 0.0560. The van der Waals surface area contributed by atoms with Crippen molar-refractivity contribution >= 4 is 5.91 Å². The maximum Gasteiger partial charge on any atom is 0.254 e. The first kappa shape index (κ1) is 20.2. The quantitative estimate of drug-likeness (QED) is 0.635. The van der Waals surface area contributed by atoms with E-state index >= 15 is 0 Å². The van der Waals surface area contributed by atoms with E-state index in [0.717, 1.165) is 52.2 Å². The van der Waals surface area contributed by atoms with Gasteiger partial charge >= 0.3 is 0 Å². The summed E-state index contributed by atoms with van der Waals surface area (Å²) in [5.41, 5.74) is 5.19. The minimum absolute atomic E-state index is 0.109. The van der Waals surface area contributed by atoms with E-state index in [1.807, 2.05) is 43.9 Å². The van der Waals surface area contributed by atoms with E-state index in [1.165, 1.54) is 0 Å². The predicted octanol–water partition coefficient (Wildman–Crippen LogP) is 5.75.